The van der Waals surface area contributed by atoms with Crippen LogP contribution in [0.25, 0.3) is 16.9 Å². The number of nitrogens with zero attached hydrogens (tertiary/aromatic N) is 4. The summed E-state index contributed by atoms with van der Waals surface area (Å²) in [5.41, 5.74) is 1.69. The van der Waals surface area contributed by atoms with Gasteiger partial charge in [-0.1, -0.05) is 0 Å². The van der Waals surface area contributed by atoms with E-state index in [0.29, 0.717) is 11.2 Å². The van der Waals surface area contributed by atoms with E-state index in [2.05, 4.69) is 20.4 Å². The van der Waals surface area contributed by atoms with Crippen LogP contribution in [-0.2, 0) is 0 Å². The quantitative estimate of drug-likeness (QED) is 0.739. The van der Waals surface area contributed by atoms with Gasteiger partial charge in [-0.05, 0) is 43.9 Å². The lowest BCUT2D eigenvalue weighted by atomic mass is 10.0. The predicted molar refractivity (Wildman–Crippen MR) is 91.9 cm³/mol. The standard InChI is InChI=1S/C18H19N5O2/c1-18(25,13-4-5-13)11-21-17(24)14-10-22-23-15(6-8-20-16(14)23)12-3-2-7-19-9-12/h2-3,6-10,13,25H,4-5,11H2,1H3,(H,21,24). The molecule has 7 heteroatoms. The number of aromatic nitrogens is 4. The summed E-state index contributed by atoms with van der Waals surface area (Å²) in [6.07, 6.45) is 8.61. The predicted octanol–water partition coefficient (Wildman–Crippen LogP) is 1.68. The molecule has 1 atom stereocenters. The molecule has 1 amide bonds. The largest absolute Gasteiger partial charge is 0.388 e. The van der Waals surface area contributed by atoms with E-state index in [1.54, 1.807) is 30.0 Å². The lowest BCUT2D eigenvalue weighted by molar-refractivity contribution is 0.0354. The second-order valence-electron chi connectivity index (χ2n) is 6.68. The van der Waals surface area contributed by atoms with E-state index in [1.807, 2.05) is 18.2 Å². The number of fused-ring (bicyclic) bond motifs is 1. The van der Waals surface area contributed by atoms with E-state index < -0.39 is 5.60 Å². The number of rotatable bonds is 5. The normalized spacial score (nSPS) is 16.6. The van der Waals surface area contributed by atoms with Gasteiger partial charge in [0.15, 0.2) is 5.65 Å². The number of nitrogens with one attached hydrogen (secondary N) is 1. The Bertz CT molecular complexity index is 916. The van der Waals surface area contributed by atoms with Crippen LogP contribution in [0.5, 0.6) is 0 Å². The Hall–Kier alpha value is -2.80. The van der Waals surface area contributed by atoms with Crippen molar-refractivity contribution in [3.8, 4) is 11.3 Å². The summed E-state index contributed by atoms with van der Waals surface area (Å²) in [5.74, 6) is -0.0150. The Morgan fingerprint density at radius 2 is 2.20 bits per heavy atom. The van der Waals surface area contributed by atoms with Gasteiger partial charge in [0.05, 0.1) is 17.5 Å². The van der Waals surface area contributed by atoms with Gasteiger partial charge in [-0.3, -0.25) is 9.78 Å². The topological polar surface area (TPSA) is 92.4 Å². The van der Waals surface area contributed by atoms with E-state index in [1.165, 1.54) is 6.20 Å². The van der Waals surface area contributed by atoms with Gasteiger partial charge in [0.25, 0.3) is 5.91 Å². The van der Waals surface area contributed by atoms with Crippen molar-refractivity contribution in [3.63, 3.8) is 0 Å². The Morgan fingerprint density at radius 1 is 1.36 bits per heavy atom. The molecule has 4 rings (SSSR count). The minimum atomic E-state index is -0.868. The number of carbonyl (C=O) groups excluding carboxylic acids is 1. The van der Waals surface area contributed by atoms with Crippen molar-refractivity contribution in [1.82, 2.24) is 24.9 Å². The van der Waals surface area contributed by atoms with Crippen LogP contribution in [0.15, 0.2) is 43.0 Å². The zero-order valence-corrected chi connectivity index (χ0v) is 13.9. The molecule has 7 nitrogen and oxygen atoms in total. The van der Waals surface area contributed by atoms with Gasteiger partial charge in [-0.2, -0.15) is 5.10 Å². The van der Waals surface area contributed by atoms with Crippen molar-refractivity contribution < 1.29 is 9.90 Å². The van der Waals surface area contributed by atoms with Gasteiger partial charge in [0.2, 0.25) is 0 Å². The van der Waals surface area contributed by atoms with E-state index in [4.69, 9.17) is 0 Å². The first-order chi connectivity index (χ1) is 12.1. The number of hydrogen-bond donors (Lipinski definition) is 2. The van der Waals surface area contributed by atoms with Gasteiger partial charge in [-0.25, -0.2) is 9.50 Å². The van der Waals surface area contributed by atoms with Crippen LogP contribution in [0.2, 0.25) is 0 Å². The molecule has 1 aliphatic rings. The number of amides is 1. The lowest BCUT2D eigenvalue weighted by Gasteiger charge is -2.23. The molecular formula is C18H19N5O2. The molecule has 0 bridgehead atoms. The molecule has 0 spiro atoms. The Labute approximate surface area is 144 Å². The van der Waals surface area contributed by atoms with E-state index >= 15 is 0 Å². The maximum absolute atomic E-state index is 12.5. The zero-order valence-electron chi connectivity index (χ0n) is 13.9. The highest BCUT2D eigenvalue weighted by Gasteiger charge is 2.40. The van der Waals surface area contributed by atoms with Crippen molar-refractivity contribution in [2.75, 3.05) is 6.54 Å². The van der Waals surface area contributed by atoms with Crippen molar-refractivity contribution >= 4 is 11.6 Å². The Morgan fingerprint density at radius 3 is 2.92 bits per heavy atom. The monoisotopic (exact) mass is 337 g/mol. The third-order valence-corrected chi connectivity index (χ3v) is 4.67. The molecule has 3 aromatic heterocycles. The molecule has 128 valence electrons. The smallest absolute Gasteiger partial charge is 0.256 e. The van der Waals surface area contributed by atoms with Crippen LogP contribution in [0.4, 0.5) is 0 Å². The van der Waals surface area contributed by atoms with Crippen LogP contribution in [-0.4, -0.2) is 42.7 Å². The highest BCUT2D eigenvalue weighted by atomic mass is 16.3. The second-order valence-corrected chi connectivity index (χ2v) is 6.68. The zero-order chi connectivity index (χ0) is 17.4. The summed E-state index contributed by atoms with van der Waals surface area (Å²) >= 11 is 0. The molecule has 2 N–H and O–H groups in total. The minimum Gasteiger partial charge on any atom is -0.388 e. The van der Waals surface area contributed by atoms with Crippen LogP contribution < -0.4 is 5.32 Å². The molecule has 0 radical (unpaired) electrons. The molecule has 3 heterocycles. The molecule has 3 aromatic rings. The molecule has 1 unspecified atom stereocenters. The van der Waals surface area contributed by atoms with Crippen molar-refractivity contribution in [1.29, 1.82) is 0 Å². The highest BCUT2D eigenvalue weighted by molar-refractivity contribution is 5.99. The SMILES string of the molecule is CC(O)(CNC(=O)c1cnn2c(-c3cccnc3)ccnc12)C1CC1. The van der Waals surface area contributed by atoms with Crippen molar-refractivity contribution in [2.24, 2.45) is 5.92 Å². The Balaban J connectivity index is 1.62. The third-order valence-electron chi connectivity index (χ3n) is 4.67. The number of hydrogen-bond acceptors (Lipinski definition) is 5. The number of carbonyl (C=O) groups is 1. The molecule has 25 heavy (non-hydrogen) atoms. The molecule has 1 aliphatic carbocycles. The molecular weight excluding hydrogens is 318 g/mol. The van der Waals surface area contributed by atoms with Gasteiger partial charge in [0.1, 0.15) is 5.56 Å². The maximum atomic E-state index is 12.5. The van der Waals surface area contributed by atoms with Crippen LogP contribution in [0, 0.1) is 5.92 Å². The maximum Gasteiger partial charge on any atom is 0.256 e. The average molecular weight is 337 g/mol. The van der Waals surface area contributed by atoms with Crippen molar-refractivity contribution in [2.45, 2.75) is 25.4 Å². The third kappa shape index (κ3) is 2.98. The van der Waals surface area contributed by atoms with E-state index in [9.17, 15) is 9.90 Å². The van der Waals surface area contributed by atoms with Gasteiger partial charge in [-0.15, -0.1) is 0 Å². The van der Waals surface area contributed by atoms with Crippen LogP contribution in [0.3, 0.4) is 0 Å². The van der Waals surface area contributed by atoms with Gasteiger partial charge in [0, 0.05) is 30.7 Å². The molecule has 0 aliphatic heterocycles. The lowest BCUT2D eigenvalue weighted by Crippen LogP contribution is -2.42. The first-order valence-electron chi connectivity index (χ1n) is 8.30. The van der Waals surface area contributed by atoms with E-state index in [0.717, 1.165) is 24.1 Å². The van der Waals surface area contributed by atoms with Crippen LogP contribution in [0.1, 0.15) is 30.1 Å². The fourth-order valence-corrected chi connectivity index (χ4v) is 2.99. The van der Waals surface area contributed by atoms with Crippen molar-refractivity contribution in [3.05, 3.63) is 48.5 Å². The number of pyridine rings is 1. The number of aliphatic hydroxyl groups is 1. The summed E-state index contributed by atoms with van der Waals surface area (Å²) in [6.45, 7) is 1.98. The summed E-state index contributed by atoms with van der Waals surface area (Å²) in [7, 11) is 0. The Kier molecular flexibility index (Phi) is 3.73. The molecule has 1 saturated carbocycles. The fourth-order valence-electron chi connectivity index (χ4n) is 2.99. The minimum absolute atomic E-state index is 0.218. The first kappa shape index (κ1) is 15.7. The fraction of sp³-hybridized carbons (Fsp3) is 0.333. The van der Waals surface area contributed by atoms with Gasteiger partial charge >= 0.3 is 0 Å². The molecule has 0 aromatic carbocycles. The molecule has 0 saturated heterocycles. The van der Waals surface area contributed by atoms with Gasteiger partial charge < -0.3 is 10.4 Å². The van der Waals surface area contributed by atoms with Crippen LogP contribution >= 0.6 is 0 Å². The molecule has 1 fully saturated rings. The summed E-state index contributed by atoms with van der Waals surface area (Å²) in [5, 5.41) is 17.5. The second kappa shape index (κ2) is 5.93. The summed E-state index contributed by atoms with van der Waals surface area (Å²) < 4.78 is 1.63. The summed E-state index contributed by atoms with van der Waals surface area (Å²) in [6, 6.07) is 5.60. The highest BCUT2D eigenvalue weighted by Crippen LogP contribution is 2.39. The average Bonchev–Trinajstić information content (AvgIpc) is 3.41. The van der Waals surface area contributed by atoms with E-state index in [-0.39, 0.29) is 18.4 Å². The first-order valence-corrected chi connectivity index (χ1v) is 8.30. The summed E-state index contributed by atoms with van der Waals surface area (Å²) in [4.78, 5) is 20.9.